The van der Waals surface area contributed by atoms with Gasteiger partial charge in [-0.1, -0.05) is 26.0 Å². The molecule has 1 rings (SSSR count). The second-order valence-electron chi connectivity index (χ2n) is 4.46. The first-order chi connectivity index (χ1) is 5.64. The van der Waals surface area contributed by atoms with Gasteiger partial charge in [0.2, 0.25) is 0 Å². The normalized spacial score (nSPS) is 24.0. The van der Waals surface area contributed by atoms with E-state index in [-0.39, 0.29) is 5.41 Å². The van der Waals surface area contributed by atoms with Crippen LogP contribution in [0.5, 0.6) is 0 Å². The summed E-state index contributed by atoms with van der Waals surface area (Å²) in [5, 5.41) is 0. The van der Waals surface area contributed by atoms with Gasteiger partial charge >= 0.3 is 0 Å². The van der Waals surface area contributed by atoms with Crippen LogP contribution in [0.1, 0.15) is 39.5 Å². The fourth-order valence-electron chi connectivity index (χ4n) is 1.83. The van der Waals surface area contributed by atoms with Crippen LogP contribution in [0.3, 0.4) is 0 Å². The fraction of sp³-hybridized carbons (Fsp3) is 0.727. The molecule has 0 heterocycles. The Kier molecular flexibility index (Phi) is 3.07. The zero-order valence-electron chi connectivity index (χ0n) is 8.05. The molecule has 1 heteroatoms. The van der Waals surface area contributed by atoms with E-state index in [1.807, 2.05) is 13.8 Å². The van der Waals surface area contributed by atoms with Gasteiger partial charge in [-0.3, -0.25) is 0 Å². The third kappa shape index (κ3) is 2.80. The third-order valence-electron chi connectivity index (χ3n) is 2.51. The van der Waals surface area contributed by atoms with Crippen molar-refractivity contribution < 1.29 is 4.79 Å². The Bertz CT molecular complexity index is 179. The van der Waals surface area contributed by atoms with E-state index in [0.29, 0.717) is 0 Å². The van der Waals surface area contributed by atoms with Crippen molar-refractivity contribution in [1.29, 1.82) is 0 Å². The van der Waals surface area contributed by atoms with Gasteiger partial charge in [0.05, 0.1) is 0 Å². The fourth-order valence-corrected chi connectivity index (χ4v) is 1.83. The minimum Gasteiger partial charge on any atom is -0.303 e. The number of hydrogen-bond acceptors (Lipinski definition) is 1. The van der Waals surface area contributed by atoms with Crippen molar-refractivity contribution >= 4 is 6.29 Å². The van der Waals surface area contributed by atoms with E-state index < -0.39 is 0 Å². The zero-order valence-corrected chi connectivity index (χ0v) is 8.05. The Morgan fingerprint density at radius 3 is 2.75 bits per heavy atom. The van der Waals surface area contributed by atoms with Crippen LogP contribution < -0.4 is 0 Å². The van der Waals surface area contributed by atoms with Crippen molar-refractivity contribution in [2.75, 3.05) is 0 Å². The molecular formula is C11H18O. The summed E-state index contributed by atoms with van der Waals surface area (Å²) in [5.41, 5.74) is -0.115. The summed E-state index contributed by atoms with van der Waals surface area (Å²) >= 11 is 0. The second-order valence-corrected chi connectivity index (χ2v) is 4.46. The maximum Gasteiger partial charge on any atom is 0.125 e. The molecule has 0 radical (unpaired) electrons. The molecule has 1 atom stereocenters. The maximum absolute atomic E-state index is 10.7. The molecule has 0 fully saturated rings. The van der Waals surface area contributed by atoms with Crippen molar-refractivity contribution in [1.82, 2.24) is 0 Å². The molecule has 1 unspecified atom stereocenters. The van der Waals surface area contributed by atoms with Gasteiger partial charge in [-0.2, -0.15) is 0 Å². The molecular weight excluding hydrogens is 148 g/mol. The van der Waals surface area contributed by atoms with Gasteiger partial charge < -0.3 is 4.79 Å². The molecule has 0 spiro atoms. The van der Waals surface area contributed by atoms with Crippen molar-refractivity contribution in [3.63, 3.8) is 0 Å². The topological polar surface area (TPSA) is 17.1 Å². The first kappa shape index (κ1) is 9.50. The van der Waals surface area contributed by atoms with Crippen molar-refractivity contribution in [3.8, 4) is 0 Å². The highest BCUT2D eigenvalue weighted by atomic mass is 16.1. The van der Waals surface area contributed by atoms with Crippen LogP contribution in [0.15, 0.2) is 12.2 Å². The molecule has 0 aliphatic heterocycles. The van der Waals surface area contributed by atoms with Crippen LogP contribution >= 0.6 is 0 Å². The highest BCUT2D eigenvalue weighted by molar-refractivity contribution is 5.57. The number of carbonyl (C=O) groups excluding carboxylic acids is 1. The van der Waals surface area contributed by atoms with Crippen molar-refractivity contribution in [2.45, 2.75) is 39.5 Å². The van der Waals surface area contributed by atoms with Gasteiger partial charge in [0, 0.05) is 5.41 Å². The van der Waals surface area contributed by atoms with Crippen LogP contribution in [0.2, 0.25) is 0 Å². The average Bonchev–Trinajstić information content (AvgIpc) is 2.06. The first-order valence-electron chi connectivity index (χ1n) is 4.75. The molecule has 0 saturated heterocycles. The molecule has 0 bridgehead atoms. The molecule has 0 N–H and O–H groups in total. The summed E-state index contributed by atoms with van der Waals surface area (Å²) in [5.74, 6) is 0.732. The van der Waals surface area contributed by atoms with Gasteiger partial charge in [-0.05, 0) is 31.6 Å². The van der Waals surface area contributed by atoms with E-state index in [1.54, 1.807) is 0 Å². The predicted molar refractivity (Wildman–Crippen MR) is 50.9 cm³/mol. The van der Waals surface area contributed by atoms with E-state index in [4.69, 9.17) is 0 Å². The van der Waals surface area contributed by atoms with E-state index in [9.17, 15) is 4.79 Å². The summed E-state index contributed by atoms with van der Waals surface area (Å²) in [7, 11) is 0. The lowest BCUT2D eigenvalue weighted by molar-refractivity contribution is -0.115. The molecule has 0 aromatic heterocycles. The number of aldehydes is 1. The molecule has 1 aliphatic rings. The largest absolute Gasteiger partial charge is 0.303 e. The van der Waals surface area contributed by atoms with Crippen molar-refractivity contribution in [3.05, 3.63) is 12.2 Å². The smallest absolute Gasteiger partial charge is 0.125 e. The summed E-state index contributed by atoms with van der Waals surface area (Å²) in [6.45, 7) is 4.05. The lowest BCUT2D eigenvalue weighted by atomic mass is 9.79. The number of hydrogen-bond donors (Lipinski definition) is 0. The van der Waals surface area contributed by atoms with Crippen LogP contribution in [0, 0.1) is 11.3 Å². The Hall–Kier alpha value is -0.590. The lowest BCUT2D eigenvalue weighted by Crippen LogP contribution is -2.19. The van der Waals surface area contributed by atoms with E-state index in [0.717, 1.165) is 25.0 Å². The Labute approximate surface area is 74.9 Å². The molecule has 0 aromatic rings. The number of carbonyl (C=O) groups is 1. The minimum atomic E-state index is -0.115. The number of allylic oxidation sites excluding steroid dienone is 2. The molecule has 68 valence electrons. The third-order valence-corrected chi connectivity index (χ3v) is 2.51. The van der Waals surface area contributed by atoms with Crippen LogP contribution in [-0.4, -0.2) is 6.29 Å². The van der Waals surface area contributed by atoms with Gasteiger partial charge in [0.1, 0.15) is 6.29 Å². The van der Waals surface area contributed by atoms with E-state index in [1.165, 1.54) is 12.8 Å². The average molecular weight is 166 g/mol. The van der Waals surface area contributed by atoms with E-state index in [2.05, 4.69) is 12.2 Å². The zero-order chi connectivity index (χ0) is 9.03. The minimum absolute atomic E-state index is 0.115. The monoisotopic (exact) mass is 166 g/mol. The SMILES string of the molecule is CC(C)(C=O)CC1CC=CCC1. The van der Waals surface area contributed by atoms with Crippen LogP contribution in [0.4, 0.5) is 0 Å². The summed E-state index contributed by atoms with van der Waals surface area (Å²) in [4.78, 5) is 10.7. The maximum atomic E-state index is 10.7. The van der Waals surface area contributed by atoms with Crippen LogP contribution in [0.25, 0.3) is 0 Å². The predicted octanol–water partition coefficient (Wildman–Crippen LogP) is 2.96. The summed E-state index contributed by atoms with van der Waals surface area (Å²) in [6, 6.07) is 0. The van der Waals surface area contributed by atoms with Crippen molar-refractivity contribution in [2.24, 2.45) is 11.3 Å². The van der Waals surface area contributed by atoms with Gasteiger partial charge in [-0.15, -0.1) is 0 Å². The van der Waals surface area contributed by atoms with Gasteiger partial charge in [0.15, 0.2) is 0 Å². The Balaban J connectivity index is 2.40. The molecule has 0 aromatic carbocycles. The summed E-state index contributed by atoms with van der Waals surface area (Å²) in [6.07, 6.45) is 10.2. The molecule has 1 aliphatic carbocycles. The van der Waals surface area contributed by atoms with Crippen LogP contribution in [-0.2, 0) is 4.79 Å². The molecule has 12 heavy (non-hydrogen) atoms. The highest BCUT2D eigenvalue weighted by Gasteiger charge is 2.22. The van der Waals surface area contributed by atoms with Gasteiger partial charge in [0.25, 0.3) is 0 Å². The molecule has 0 saturated carbocycles. The summed E-state index contributed by atoms with van der Waals surface area (Å²) < 4.78 is 0. The van der Waals surface area contributed by atoms with E-state index >= 15 is 0 Å². The highest BCUT2D eigenvalue weighted by Crippen LogP contribution is 2.30. The number of rotatable bonds is 3. The Morgan fingerprint density at radius 1 is 1.50 bits per heavy atom. The second kappa shape index (κ2) is 3.88. The Morgan fingerprint density at radius 2 is 2.25 bits per heavy atom. The lowest BCUT2D eigenvalue weighted by Gasteiger charge is -2.25. The first-order valence-corrected chi connectivity index (χ1v) is 4.75. The quantitative estimate of drug-likeness (QED) is 0.465. The standard InChI is InChI=1S/C11H18O/c1-11(2,9-12)8-10-6-4-3-5-7-10/h3-4,9-10H,5-8H2,1-2H3. The molecule has 0 amide bonds. The van der Waals surface area contributed by atoms with Gasteiger partial charge in [-0.25, -0.2) is 0 Å². The molecule has 1 nitrogen and oxygen atoms in total.